The van der Waals surface area contributed by atoms with E-state index in [1.807, 2.05) is 11.1 Å². The van der Waals surface area contributed by atoms with Crippen molar-refractivity contribution in [1.82, 2.24) is 0 Å². The SMILES string of the molecule is C[C@H](CCC(=O)O)[C@H]1CCC2=C3CCC4CCCC[C@]4(C)[C@H]3CC[C@@]21C. The lowest BCUT2D eigenvalue weighted by Crippen LogP contribution is -2.46. The monoisotopic (exact) mass is 358 g/mol. The molecule has 4 rings (SSSR count). The smallest absolute Gasteiger partial charge is 0.303 e. The first-order valence-corrected chi connectivity index (χ1v) is 11.3. The van der Waals surface area contributed by atoms with Crippen LogP contribution >= 0.6 is 0 Å². The highest BCUT2D eigenvalue weighted by Gasteiger charge is 2.54. The normalized spacial score (nSPS) is 43.4. The zero-order valence-electron chi connectivity index (χ0n) is 17.2. The fraction of sp³-hybridized carbons (Fsp3) is 0.875. The number of carboxylic acid groups (broad SMARTS) is 1. The van der Waals surface area contributed by atoms with E-state index < -0.39 is 5.97 Å². The van der Waals surface area contributed by atoms with Crippen LogP contribution in [0.5, 0.6) is 0 Å². The van der Waals surface area contributed by atoms with E-state index in [1.165, 1.54) is 64.2 Å². The summed E-state index contributed by atoms with van der Waals surface area (Å²) in [5.74, 6) is 2.43. The third-order valence-electron chi connectivity index (χ3n) is 9.48. The molecule has 3 saturated carbocycles. The van der Waals surface area contributed by atoms with E-state index in [0.29, 0.717) is 29.1 Å². The molecule has 1 unspecified atom stereocenters. The summed E-state index contributed by atoms with van der Waals surface area (Å²) in [6, 6.07) is 0. The Balaban J connectivity index is 1.60. The van der Waals surface area contributed by atoms with Crippen LogP contribution in [-0.2, 0) is 4.79 Å². The molecule has 0 aliphatic heterocycles. The summed E-state index contributed by atoms with van der Waals surface area (Å²) in [7, 11) is 0. The number of carbonyl (C=O) groups is 1. The van der Waals surface area contributed by atoms with Gasteiger partial charge >= 0.3 is 5.97 Å². The first-order chi connectivity index (χ1) is 12.4. The number of hydrogen-bond acceptors (Lipinski definition) is 1. The number of aliphatic carboxylic acids is 1. The maximum Gasteiger partial charge on any atom is 0.303 e. The van der Waals surface area contributed by atoms with E-state index in [9.17, 15) is 4.79 Å². The Hall–Kier alpha value is -0.790. The molecule has 0 bridgehead atoms. The van der Waals surface area contributed by atoms with Crippen LogP contribution in [-0.4, -0.2) is 11.1 Å². The van der Waals surface area contributed by atoms with Crippen molar-refractivity contribution in [2.75, 3.05) is 0 Å². The number of allylic oxidation sites excluding steroid dienone is 2. The maximum absolute atomic E-state index is 11.0. The van der Waals surface area contributed by atoms with Crippen molar-refractivity contribution in [2.45, 2.75) is 97.8 Å². The Kier molecular flexibility index (Phi) is 4.77. The van der Waals surface area contributed by atoms with Crippen molar-refractivity contribution in [2.24, 2.45) is 34.5 Å². The second-order valence-corrected chi connectivity index (χ2v) is 10.6. The van der Waals surface area contributed by atoms with Gasteiger partial charge in [0.1, 0.15) is 0 Å². The van der Waals surface area contributed by atoms with Gasteiger partial charge in [-0.3, -0.25) is 4.79 Å². The zero-order chi connectivity index (χ0) is 18.5. The van der Waals surface area contributed by atoms with Crippen LogP contribution in [0.2, 0.25) is 0 Å². The Labute approximate surface area is 159 Å². The van der Waals surface area contributed by atoms with Crippen LogP contribution in [0.3, 0.4) is 0 Å². The van der Waals surface area contributed by atoms with Gasteiger partial charge in [0.25, 0.3) is 0 Å². The maximum atomic E-state index is 11.0. The standard InChI is InChI=1S/C24H38O2/c1-16(7-12-22(25)26)19-10-11-20-18-9-8-17-6-4-5-14-23(17,2)21(18)13-15-24(19,20)3/h16-17,19,21H,4-15H2,1-3H3,(H,25,26)/t16-,17?,19-,21+,23+,24-/m1/s1. The average Bonchev–Trinajstić information content (AvgIpc) is 2.96. The average molecular weight is 359 g/mol. The highest BCUT2D eigenvalue weighted by atomic mass is 16.4. The molecular formula is C24H38O2. The van der Waals surface area contributed by atoms with Crippen molar-refractivity contribution in [3.63, 3.8) is 0 Å². The van der Waals surface area contributed by atoms with Gasteiger partial charge < -0.3 is 5.11 Å². The highest BCUT2D eigenvalue weighted by molar-refractivity contribution is 5.66. The summed E-state index contributed by atoms with van der Waals surface area (Å²) in [6.07, 6.45) is 15.1. The van der Waals surface area contributed by atoms with E-state index in [2.05, 4.69) is 20.8 Å². The molecule has 0 aromatic carbocycles. The van der Waals surface area contributed by atoms with E-state index in [1.54, 1.807) is 0 Å². The van der Waals surface area contributed by atoms with Gasteiger partial charge in [-0.1, -0.05) is 44.8 Å². The van der Waals surface area contributed by atoms with Crippen molar-refractivity contribution in [1.29, 1.82) is 0 Å². The van der Waals surface area contributed by atoms with Crippen LogP contribution in [0.25, 0.3) is 0 Å². The van der Waals surface area contributed by atoms with Crippen molar-refractivity contribution in [3.8, 4) is 0 Å². The molecule has 6 atom stereocenters. The van der Waals surface area contributed by atoms with Gasteiger partial charge in [0.15, 0.2) is 0 Å². The van der Waals surface area contributed by atoms with Crippen LogP contribution in [0.15, 0.2) is 11.1 Å². The summed E-state index contributed by atoms with van der Waals surface area (Å²) < 4.78 is 0. The van der Waals surface area contributed by atoms with Gasteiger partial charge in [0.05, 0.1) is 0 Å². The quantitative estimate of drug-likeness (QED) is 0.575. The van der Waals surface area contributed by atoms with Gasteiger partial charge in [0.2, 0.25) is 0 Å². The minimum Gasteiger partial charge on any atom is -0.481 e. The van der Waals surface area contributed by atoms with Crippen molar-refractivity contribution < 1.29 is 9.90 Å². The van der Waals surface area contributed by atoms with Gasteiger partial charge in [-0.15, -0.1) is 0 Å². The lowest BCUT2D eigenvalue weighted by Gasteiger charge is -2.56. The van der Waals surface area contributed by atoms with Crippen LogP contribution in [0.1, 0.15) is 97.8 Å². The molecule has 0 spiro atoms. The molecule has 26 heavy (non-hydrogen) atoms. The highest BCUT2D eigenvalue weighted by Crippen LogP contribution is 2.65. The number of hydrogen-bond donors (Lipinski definition) is 1. The molecule has 2 heteroatoms. The molecule has 0 aromatic heterocycles. The lowest BCUT2D eigenvalue weighted by molar-refractivity contribution is -0.137. The number of rotatable bonds is 4. The number of carboxylic acids is 1. The fourth-order valence-electron chi connectivity index (χ4n) is 8.03. The summed E-state index contributed by atoms with van der Waals surface area (Å²) in [5.41, 5.74) is 4.66. The molecule has 4 aliphatic carbocycles. The first kappa shape index (κ1) is 18.6. The third-order valence-corrected chi connectivity index (χ3v) is 9.48. The van der Waals surface area contributed by atoms with Gasteiger partial charge in [-0.05, 0) is 92.3 Å². The van der Waals surface area contributed by atoms with E-state index in [-0.39, 0.29) is 0 Å². The van der Waals surface area contributed by atoms with Crippen molar-refractivity contribution in [3.05, 3.63) is 11.1 Å². The lowest BCUT2D eigenvalue weighted by atomic mass is 9.49. The van der Waals surface area contributed by atoms with E-state index in [0.717, 1.165) is 18.3 Å². The largest absolute Gasteiger partial charge is 0.481 e. The first-order valence-electron chi connectivity index (χ1n) is 11.3. The number of fused-ring (bicyclic) bond motifs is 4. The van der Waals surface area contributed by atoms with Crippen LogP contribution in [0, 0.1) is 34.5 Å². The van der Waals surface area contributed by atoms with E-state index in [4.69, 9.17) is 5.11 Å². The van der Waals surface area contributed by atoms with Crippen LogP contribution in [0.4, 0.5) is 0 Å². The Morgan fingerprint density at radius 1 is 1.12 bits per heavy atom. The second kappa shape index (κ2) is 6.67. The zero-order valence-corrected chi connectivity index (χ0v) is 17.2. The molecule has 0 radical (unpaired) electrons. The van der Waals surface area contributed by atoms with Crippen LogP contribution < -0.4 is 0 Å². The molecule has 0 heterocycles. The molecular weight excluding hydrogens is 320 g/mol. The summed E-state index contributed by atoms with van der Waals surface area (Å²) in [4.78, 5) is 11.0. The van der Waals surface area contributed by atoms with Gasteiger partial charge in [0, 0.05) is 6.42 Å². The molecule has 4 aliphatic rings. The second-order valence-electron chi connectivity index (χ2n) is 10.6. The third kappa shape index (κ3) is 2.78. The van der Waals surface area contributed by atoms with E-state index >= 15 is 0 Å². The minimum absolute atomic E-state index is 0.335. The topological polar surface area (TPSA) is 37.3 Å². The van der Waals surface area contributed by atoms with Gasteiger partial charge in [-0.25, -0.2) is 0 Å². The predicted molar refractivity (Wildman–Crippen MR) is 106 cm³/mol. The Bertz CT molecular complexity index is 605. The minimum atomic E-state index is -0.633. The Morgan fingerprint density at radius 3 is 2.69 bits per heavy atom. The Morgan fingerprint density at radius 2 is 1.92 bits per heavy atom. The molecule has 0 aromatic rings. The molecule has 0 amide bonds. The summed E-state index contributed by atoms with van der Waals surface area (Å²) >= 11 is 0. The van der Waals surface area contributed by atoms with Gasteiger partial charge in [-0.2, -0.15) is 0 Å². The predicted octanol–water partition coefficient (Wildman–Crippen LogP) is 6.60. The summed E-state index contributed by atoms with van der Waals surface area (Å²) in [5, 5.41) is 9.09. The molecule has 1 N–H and O–H groups in total. The fourth-order valence-corrected chi connectivity index (χ4v) is 8.03. The molecule has 2 nitrogen and oxygen atoms in total. The van der Waals surface area contributed by atoms with Crippen molar-refractivity contribution >= 4 is 5.97 Å². The molecule has 0 saturated heterocycles. The summed E-state index contributed by atoms with van der Waals surface area (Å²) in [6.45, 7) is 7.49. The molecule has 146 valence electrons. The molecule has 3 fully saturated rings.